The summed E-state index contributed by atoms with van der Waals surface area (Å²) in [7, 11) is 0. The summed E-state index contributed by atoms with van der Waals surface area (Å²) in [6.45, 7) is 5.72. The van der Waals surface area contributed by atoms with Gasteiger partial charge in [-0.15, -0.1) is 12.4 Å². The molecule has 1 aromatic heterocycles. The molecule has 1 aliphatic rings. The summed E-state index contributed by atoms with van der Waals surface area (Å²) in [5.41, 5.74) is 5.96. The molecule has 0 saturated carbocycles. The van der Waals surface area contributed by atoms with Gasteiger partial charge >= 0.3 is 0 Å². The molecule has 132 valence electrons. The second kappa shape index (κ2) is 10.1. The smallest absolute Gasteiger partial charge is 0.239 e. The molecule has 9 heteroatoms. The predicted octanol–water partition coefficient (Wildman–Crippen LogP) is 0.778. The van der Waals surface area contributed by atoms with E-state index in [1.807, 2.05) is 18.1 Å². The maximum absolute atomic E-state index is 12.2. The maximum atomic E-state index is 12.2. The van der Waals surface area contributed by atoms with Crippen LogP contribution in [0.1, 0.15) is 25.1 Å². The van der Waals surface area contributed by atoms with Crippen molar-refractivity contribution in [3.63, 3.8) is 0 Å². The molecule has 7 nitrogen and oxygen atoms in total. The Kier molecular flexibility index (Phi) is 8.90. The van der Waals surface area contributed by atoms with Crippen LogP contribution in [0.15, 0.2) is 4.52 Å². The highest BCUT2D eigenvalue weighted by molar-refractivity contribution is 7.98. The van der Waals surface area contributed by atoms with Gasteiger partial charge in [0.15, 0.2) is 5.82 Å². The van der Waals surface area contributed by atoms with Crippen LogP contribution in [0.3, 0.4) is 0 Å². The van der Waals surface area contributed by atoms with Crippen LogP contribution >= 0.6 is 24.2 Å². The van der Waals surface area contributed by atoms with E-state index in [2.05, 4.69) is 15.0 Å². The third-order valence-corrected chi connectivity index (χ3v) is 4.46. The lowest BCUT2D eigenvalue weighted by Crippen LogP contribution is -2.53. The van der Waals surface area contributed by atoms with E-state index in [0.29, 0.717) is 31.3 Å². The number of piperazine rings is 1. The van der Waals surface area contributed by atoms with E-state index in [0.717, 1.165) is 31.7 Å². The number of carbonyl (C=O) groups excluding carboxylic acids is 1. The number of aryl methyl sites for hydroxylation is 1. The molecule has 23 heavy (non-hydrogen) atoms. The van der Waals surface area contributed by atoms with Gasteiger partial charge in [0.2, 0.25) is 11.8 Å². The fourth-order valence-corrected chi connectivity index (χ4v) is 2.92. The van der Waals surface area contributed by atoms with Gasteiger partial charge in [0.05, 0.1) is 12.6 Å². The monoisotopic (exact) mass is 363 g/mol. The molecular weight excluding hydrogens is 338 g/mol. The zero-order valence-corrected chi connectivity index (χ0v) is 15.4. The molecule has 0 bridgehead atoms. The number of hydrogen-bond acceptors (Lipinski definition) is 7. The normalized spacial score (nSPS) is 16.9. The Hall–Kier alpha value is -0.830. The van der Waals surface area contributed by atoms with Crippen LogP contribution in [-0.4, -0.2) is 70.1 Å². The van der Waals surface area contributed by atoms with Gasteiger partial charge in [0, 0.05) is 32.6 Å². The highest BCUT2D eigenvalue weighted by atomic mass is 35.5. The van der Waals surface area contributed by atoms with Crippen molar-refractivity contribution in [3.05, 3.63) is 11.7 Å². The lowest BCUT2D eigenvalue weighted by atomic mass is 10.2. The van der Waals surface area contributed by atoms with Gasteiger partial charge in [-0.2, -0.15) is 16.7 Å². The van der Waals surface area contributed by atoms with Crippen molar-refractivity contribution in [2.24, 2.45) is 5.73 Å². The third-order valence-electron chi connectivity index (χ3n) is 3.81. The molecule has 0 radical (unpaired) electrons. The quantitative estimate of drug-likeness (QED) is 0.765. The zero-order valence-electron chi connectivity index (χ0n) is 13.7. The molecule has 0 spiro atoms. The number of amides is 1. The number of halogens is 1. The van der Waals surface area contributed by atoms with Gasteiger partial charge in [0.25, 0.3) is 0 Å². The highest BCUT2D eigenvalue weighted by Gasteiger charge is 2.25. The van der Waals surface area contributed by atoms with Crippen molar-refractivity contribution >= 4 is 30.1 Å². The lowest BCUT2D eigenvalue weighted by Gasteiger charge is -2.35. The molecule has 1 saturated heterocycles. The predicted molar refractivity (Wildman–Crippen MR) is 93.8 cm³/mol. The molecule has 0 aliphatic carbocycles. The summed E-state index contributed by atoms with van der Waals surface area (Å²) in [6.07, 6.45) is 3.52. The molecule has 2 N–H and O–H groups in total. The zero-order chi connectivity index (χ0) is 15.9. The topological polar surface area (TPSA) is 88.5 Å². The van der Waals surface area contributed by atoms with E-state index >= 15 is 0 Å². The molecule has 1 aliphatic heterocycles. The fraction of sp³-hybridized carbons (Fsp3) is 0.786. The third kappa shape index (κ3) is 5.95. The Balaban J connectivity index is 0.00000264. The van der Waals surface area contributed by atoms with Crippen LogP contribution in [0, 0.1) is 0 Å². The van der Waals surface area contributed by atoms with Crippen molar-refractivity contribution in [1.82, 2.24) is 19.9 Å². The first-order valence-electron chi connectivity index (χ1n) is 7.71. The minimum absolute atomic E-state index is 0. The average Bonchev–Trinajstić information content (AvgIpc) is 3.00. The van der Waals surface area contributed by atoms with Gasteiger partial charge < -0.3 is 15.2 Å². The Morgan fingerprint density at radius 1 is 1.39 bits per heavy atom. The fourth-order valence-electron chi connectivity index (χ4n) is 2.43. The lowest BCUT2D eigenvalue weighted by molar-refractivity contribution is -0.134. The van der Waals surface area contributed by atoms with Crippen molar-refractivity contribution < 1.29 is 9.32 Å². The molecule has 1 amide bonds. The first-order valence-corrected chi connectivity index (χ1v) is 9.10. The number of hydrogen-bond donors (Lipinski definition) is 1. The highest BCUT2D eigenvalue weighted by Crippen LogP contribution is 2.09. The van der Waals surface area contributed by atoms with Crippen LogP contribution in [0.2, 0.25) is 0 Å². The van der Waals surface area contributed by atoms with Crippen molar-refractivity contribution in [1.29, 1.82) is 0 Å². The average molecular weight is 364 g/mol. The molecular formula is C14H26ClN5O2S. The van der Waals surface area contributed by atoms with E-state index in [9.17, 15) is 4.79 Å². The first-order chi connectivity index (χ1) is 10.6. The summed E-state index contributed by atoms with van der Waals surface area (Å²) >= 11 is 1.72. The second-order valence-electron chi connectivity index (χ2n) is 5.45. The van der Waals surface area contributed by atoms with Crippen LogP contribution in [0.25, 0.3) is 0 Å². The van der Waals surface area contributed by atoms with Crippen LogP contribution < -0.4 is 5.73 Å². The van der Waals surface area contributed by atoms with Gasteiger partial charge in [-0.05, 0) is 18.4 Å². The van der Waals surface area contributed by atoms with E-state index in [1.54, 1.807) is 11.8 Å². The summed E-state index contributed by atoms with van der Waals surface area (Å²) < 4.78 is 5.11. The summed E-state index contributed by atoms with van der Waals surface area (Å²) in [5.74, 6) is 2.38. The van der Waals surface area contributed by atoms with E-state index < -0.39 is 0 Å². The molecule has 1 fully saturated rings. The Labute approximate surface area is 147 Å². The minimum atomic E-state index is -0.372. The van der Waals surface area contributed by atoms with Gasteiger partial charge in [-0.3, -0.25) is 9.69 Å². The number of nitrogens with zero attached hydrogens (tertiary/aromatic N) is 4. The summed E-state index contributed by atoms with van der Waals surface area (Å²) in [6, 6.07) is -0.372. The molecule has 2 heterocycles. The number of aromatic nitrogens is 2. The van der Waals surface area contributed by atoms with Gasteiger partial charge in [-0.1, -0.05) is 12.1 Å². The number of carbonyl (C=O) groups is 1. The van der Waals surface area contributed by atoms with Crippen LogP contribution in [0.5, 0.6) is 0 Å². The molecule has 1 aromatic rings. The van der Waals surface area contributed by atoms with Gasteiger partial charge in [-0.25, -0.2) is 0 Å². The summed E-state index contributed by atoms with van der Waals surface area (Å²) in [4.78, 5) is 20.7. The van der Waals surface area contributed by atoms with Crippen LogP contribution in [0.4, 0.5) is 0 Å². The molecule has 2 rings (SSSR count). The standard InChI is InChI=1S/C14H25N5O2S.ClH/c1-3-13-16-12(17-21-13)10-18-5-7-19(8-6-18)14(20)11(15)4-9-22-2;/h11H,3-10,15H2,1-2H3;1H/t11-;/m0./s1. The van der Waals surface area contributed by atoms with E-state index in [4.69, 9.17) is 10.3 Å². The SMILES string of the molecule is CCc1nc(CN2CCN(C(=O)[C@@H](N)CCSC)CC2)no1.Cl. The molecule has 0 aromatic carbocycles. The number of rotatable bonds is 7. The Bertz CT molecular complexity index is 479. The first kappa shape index (κ1) is 20.2. The van der Waals surface area contributed by atoms with Crippen molar-refractivity contribution in [3.8, 4) is 0 Å². The van der Waals surface area contributed by atoms with Crippen molar-refractivity contribution in [2.75, 3.05) is 38.2 Å². The van der Waals surface area contributed by atoms with Crippen LogP contribution in [-0.2, 0) is 17.8 Å². The largest absolute Gasteiger partial charge is 0.339 e. The van der Waals surface area contributed by atoms with E-state index in [-0.39, 0.29) is 24.4 Å². The summed E-state index contributed by atoms with van der Waals surface area (Å²) in [5, 5.41) is 3.97. The van der Waals surface area contributed by atoms with Crippen molar-refractivity contribution in [2.45, 2.75) is 32.4 Å². The Morgan fingerprint density at radius 2 is 2.09 bits per heavy atom. The van der Waals surface area contributed by atoms with E-state index in [1.165, 1.54) is 0 Å². The molecule has 0 unspecified atom stereocenters. The maximum Gasteiger partial charge on any atom is 0.239 e. The minimum Gasteiger partial charge on any atom is -0.339 e. The van der Waals surface area contributed by atoms with Gasteiger partial charge in [0.1, 0.15) is 0 Å². The molecule has 1 atom stereocenters. The number of thioether (sulfide) groups is 1. The number of nitrogens with two attached hydrogens (primary N) is 1. The second-order valence-corrected chi connectivity index (χ2v) is 6.43. The Morgan fingerprint density at radius 3 is 2.65 bits per heavy atom.